The van der Waals surface area contributed by atoms with Crippen LogP contribution in [0.1, 0.15) is 36.5 Å². The predicted octanol–water partition coefficient (Wildman–Crippen LogP) is 2.01. The summed E-state index contributed by atoms with van der Waals surface area (Å²) >= 11 is 0. The second kappa shape index (κ2) is 6.57. The number of hydrogen-bond acceptors (Lipinski definition) is 3. The number of carbonyl (C=O) groups is 1. The average Bonchev–Trinajstić information content (AvgIpc) is 2.82. The van der Waals surface area contributed by atoms with E-state index in [0.29, 0.717) is 12.1 Å². The van der Waals surface area contributed by atoms with Gasteiger partial charge in [-0.2, -0.15) is 0 Å². The summed E-state index contributed by atoms with van der Waals surface area (Å²) in [5.41, 5.74) is 1.52. The van der Waals surface area contributed by atoms with Crippen LogP contribution in [0.5, 0.6) is 0 Å². The van der Waals surface area contributed by atoms with Crippen molar-refractivity contribution in [3.8, 4) is 0 Å². The van der Waals surface area contributed by atoms with E-state index in [4.69, 9.17) is 0 Å². The zero-order valence-electron chi connectivity index (χ0n) is 11.4. The molecule has 0 aliphatic heterocycles. The van der Waals surface area contributed by atoms with Crippen molar-refractivity contribution in [1.82, 2.24) is 5.32 Å². The van der Waals surface area contributed by atoms with E-state index in [1.54, 1.807) is 0 Å². The third-order valence-electron chi connectivity index (χ3n) is 3.68. The topological polar surface area (TPSA) is 61.4 Å². The fourth-order valence-corrected chi connectivity index (χ4v) is 2.60. The molecule has 2 rings (SSSR count). The molecule has 1 aliphatic rings. The Morgan fingerprint density at radius 3 is 2.84 bits per heavy atom. The number of hydrogen-bond donors (Lipinski definition) is 3. The third-order valence-corrected chi connectivity index (χ3v) is 3.68. The Morgan fingerprint density at radius 1 is 1.37 bits per heavy atom. The van der Waals surface area contributed by atoms with Crippen LogP contribution >= 0.6 is 0 Å². The highest BCUT2D eigenvalue weighted by molar-refractivity contribution is 5.99. The van der Waals surface area contributed by atoms with E-state index in [9.17, 15) is 9.90 Å². The number of carbonyl (C=O) groups excluding carboxylic acids is 1. The maximum atomic E-state index is 12.2. The van der Waals surface area contributed by atoms with Crippen LogP contribution in [0.4, 0.5) is 5.69 Å². The second-order valence-corrected chi connectivity index (χ2v) is 5.04. The van der Waals surface area contributed by atoms with Crippen LogP contribution in [-0.2, 0) is 0 Å². The lowest BCUT2D eigenvalue weighted by Crippen LogP contribution is -2.32. The Kier molecular flexibility index (Phi) is 4.80. The first-order valence-electron chi connectivity index (χ1n) is 7.01. The van der Waals surface area contributed by atoms with Crippen molar-refractivity contribution in [1.29, 1.82) is 0 Å². The first-order chi connectivity index (χ1) is 9.22. The standard InChI is InChI=1S/C15H22N2O2/c1-2-16-13-8-4-3-7-12(13)15(19)17-10-11-6-5-9-14(11)18/h3-4,7-8,11,14,16,18H,2,5-6,9-10H2,1H3,(H,17,19). The molecule has 104 valence electrons. The Balaban J connectivity index is 1.95. The SMILES string of the molecule is CCNc1ccccc1C(=O)NCC1CCCC1O. The molecule has 1 saturated carbocycles. The molecule has 0 spiro atoms. The number of nitrogens with one attached hydrogen (secondary N) is 2. The van der Waals surface area contributed by atoms with E-state index < -0.39 is 0 Å². The van der Waals surface area contributed by atoms with Crippen molar-refractivity contribution < 1.29 is 9.90 Å². The summed E-state index contributed by atoms with van der Waals surface area (Å²) in [6.45, 7) is 3.34. The van der Waals surface area contributed by atoms with Crippen LogP contribution in [0.15, 0.2) is 24.3 Å². The number of aliphatic hydroxyl groups excluding tert-OH is 1. The van der Waals surface area contributed by atoms with Gasteiger partial charge in [0.05, 0.1) is 11.7 Å². The molecular weight excluding hydrogens is 240 g/mol. The third kappa shape index (κ3) is 3.47. The molecule has 1 amide bonds. The van der Waals surface area contributed by atoms with Crippen molar-refractivity contribution in [2.45, 2.75) is 32.3 Å². The lowest BCUT2D eigenvalue weighted by molar-refractivity contribution is 0.0917. The van der Waals surface area contributed by atoms with Gasteiger partial charge in [0.1, 0.15) is 0 Å². The van der Waals surface area contributed by atoms with Crippen molar-refractivity contribution in [2.24, 2.45) is 5.92 Å². The summed E-state index contributed by atoms with van der Waals surface area (Å²) in [7, 11) is 0. The van der Waals surface area contributed by atoms with E-state index in [0.717, 1.165) is 31.5 Å². The molecule has 4 nitrogen and oxygen atoms in total. The zero-order valence-corrected chi connectivity index (χ0v) is 11.4. The molecule has 0 saturated heterocycles. The van der Waals surface area contributed by atoms with Crippen molar-refractivity contribution >= 4 is 11.6 Å². The highest BCUT2D eigenvalue weighted by Gasteiger charge is 2.25. The van der Waals surface area contributed by atoms with Gasteiger partial charge in [-0.3, -0.25) is 4.79 Å². The van der Waals surface area contributed by atoms with E-state index in [-0.39, 0.29) is 17.9 Å². The zero-order chi connectivity index (χ0) is 13.7. The number of rotatable bonds is 5. The molecule has 1 aromatic rings. The Hall–Kier alpha value is -1.55. The number of amides is 1. The van der Waals surface area contributed by atoms with Crippen LogP contribution < -0.4 is 10.6 Å². The molecule has 2 atom stereocenters. The Bertz CT molecular complexity index is 434. The van der Waals surface area contributed by atoms with Crippen molar-refractivity contribution in [2.75, 3.05) is 18.4 Å². The predicted molar refractivity (Wildman–Crippen MR) is 76.3 cm³/mol. The van der Waals surface area contributed by atoms with Gasteiger partial charge in [0.15, 0.2) is 0 Å². The van der Waals surface area contributed by atoms with Gasteiger partial charge in [0, 0.05) is 24.7 Å². The van der Waals surface area contributed by atoms with Crippen molar-refractivity contribution in [3.63, 3.8) is 0 Å². The number of benzene rings is 1. The van der Waals surface area contributed by atoms with Crippen LogP contribution in [-0.4, -0.2) is 30.2 Å². The normalized spacial score (nSPS) is 22.2. The highest BCUT2D eigenvalue weighted by atomic mass is 16.3. The Morgan fingerprint density at radius 2 is 2.16 bits per heavy atom. The molecule has 3 N–H and O–H groups in total. The monoisotopic (exact) mass is 262 g/mol. The smallest absolute Gasteiger partial charge is 0.253 e. The molecular formula is C15H22N2O2. The largest absolute Gasteiger partial charge is 0.393 e. The van der Waals surface area contributed by atoms with Gasteiger partial charge in [0.25, 0.3) is 5.91 Å². The Labute approximate surface area is 114 Å². The molecule has 1 aromatic carbocycles. The molecule has 19 heavy (non-hydrogen) atoms. The minimum absolute atomic E-state index is 0.0735. The van der Waals surface area contributed by atoms with Crippen LogP contribution in [0.3, 0.4) is 0 Å². The average molecular weight is 262 g/mol. The molecule has 0 radical (unpaired) electrons. The summed E-state index contributed by atoms with van der Waals surface area (Å²) in [6, 6.07) is 7.50. The maximum Gasteiger partial charge on any atom is 0.253 e. The molecule has 2 unspecified atom stereocenters. The van der Waals surface area contributed by atoms with Gasteiger partial charge in [-0.1, -0.05) is 18.6 Å². The first kappa shape index (κ1) is 13.9. The number of aliphatic hydroxyl groups is 1. The van der Waals surface area contributed by atoms with Gasteiger partial charge in [0.2, 0.25) is 0 Å². The fraction of sp³-hybridized carbons (Fsp3) is 0.533. The lowest BCUT2D eigenvalue weighted by Gasteiger charge is -2.16. The van der Waals surface area contributed by atoms with Crippen LogP contribution in [0.25, 0.3) is 0 Å². The highest BCUT2D eigenvalue weighted by Crippen LogP contribution is 2.25. The number of anilines is 1. The molecule has 0 bridgehead atoms. The fourth-order valence-electron chi connectivity index (χ4n) is 2.60. The van der Waals surface area contributed by atoms with E-state index >= 15 is 0 Å². The number of para-hydroxylation sites is 1. The van der Waals surface area contributed by atoms with Crippen LogP contribution in [0.2, 0.25) is 0 Å². The van der Waals surface area contributed by atoms with E-state index in [1.165, 1.54) is 0 Å². The van der Waals surface area contributed by atoms with Gasteiger partial charge in [-0.25, -0.2) is 0 Å². The van der Waals surface area contributed by atoms with Gasteiger partial charge >= 0.3 is 0 Å². The van der Waals surface area contributed by atoms with Gasteiger partial charge in [-0.15, -0.1) is 0 Å². The minimum atomic E-state index is -0.260. The quantitative estimate of drug-likeness (QED) is 0.760. The lowest BCUT2D eigenvalue weighted by atomic mass is 10.1. The maximum absolute atomic E-state index is 12.2. The molecule has 1 fully saturated rings. The van der Waals surface area contributed by atoms with Gasteiger partial charge in [-0.05, 0) is 31.9 Å². The minimum Gasteiger partial charge on any atom is -0.393 e. The molecule has 0 heterocycles. The first-order valence-corrected chi connectivity index (χ1v) is 7.01. The summed E-state index contributed by atoms with van der Waals surface area (Å²) < 4.78 is 0. The summed E-state index contributed by atoms with van der Waals surface area (Å²) in [5, 5.41) is 15.9. The van der Waals surface area contributed by atoms with E-state index in [1.807, 2.05) is 31.2 Å². The van der Waals surface area contributed by atoms with Crippen molar-refractivity contribution in [3.05, 3.63) is 29.8 Å². The van der Waals surface area contributed by atoms with E-state index in [2.05, 4.69) is 10.6 Å². The van der Waals surface area contributed by atoms with Gasteiger partial charge < -0.3 is 15.7 Å². The van der Waals surface area contributed by atoms with Crippen LogP contribution in [0, 0.1) is 5.92 Å². The summed E-state index contributed by atoms with van der Waals surface area (Å²) in [4.78, 5) is 12.2. The summed E-state index contributed by atoms with van der Waals surface area (Å²) in [6.07, 6.45) is 2.64. The molecule has 4 heteroatoms. The molecule has 0 aromatic heterocycles. The summed E-state index contributed by atoms with van der Waals surface area (Å²) in [5.74, 6) is 0.130. The second-order valence-electron chi connectivity index (χ2n) is 5.04. The molecule has 1 aliphatic carbocycles.